The maximum Gasteiger partial charge on any atom is 0.123 e. The molecule has 0 heterocycles. The third-order valence-corrected chi connectivity index (χ3v) is 10.6. The van der Waals surface area contributed by atoms with Crippen LogP contribution in [0, 0.1) is 0 Å². The van der Waals surface area contributed by atoms with Gasteiger partial charge in [-0.1, -0.05) is 40.9 Å². The second kappa shape index (κ2) is 15.3. The summed E-state index contributed by atoms with van der Waals surface area (Å²) in [6.07, 6.45) is 8.00. The monoisotopic (exact) mass is 712 g/mol. The van der Waals surface area contributed by atoms with Gasteiger partial charge < -0.3 is 50.3 Å². The van der Waals surface area contributed by atoms with Gasteiger partial charge in [-0.3, -0.25) is 0 Å². The molecule has 10 heteroatoms. The number of phenolic OH excluding ortho intramolecular Hbond substituents is 8. The minimum Gasteiger partial charge on any atom is -0.508 e. The van der Waals surface area contributed by atoms with E-state index in [0.29, 0.717) is 56.7 Å². The van der Waals surface area contributed by atoms with Crippen molar-refractivity contribution in [3.8, 4) is 46.0 Å². The molecule has 0 amide bonds. The molecule has 0 saturated heterocycles. The molecular formula is C42H48O10. The van der Waals surface area contributed by atoms with E-state index in [0.717, 1.165) is 25.7 Å². The first-order chi connectivity index (χ1) is 24.7. The predicted molar refractivity (Wildman–Crippen MR) is 198 cm³/mol. The summed E-state index contributed by atoms with van der Waals surface area (Å²) in [5.74, 6) is -3.99. The molecule has 0 atom stereocenters. The topological polar surface area (TPSA) is 180 Å². The summed E-state index contributed by atoms with van der Waals surface area (Å²) < 4.78 is 10.6. The van der Waals surface area contributed by atoms with Gasteiger partial charge in [0.05, 0.1) is 24.7 Å². The van der Waals surface area contributed by atoms with Crippen LogP contribution in [0.2, 0.25) is 0 Å². The van der Waals surface area contributed by atoms with Crippen LogP contribution in [-0.4, -0.2) is 53.1 Å². The van der Waals surface area contributed by atoms with Gasteiger partial charge in [0.25, 0.3) is 0 Å². The number of phenols is 8. The van der Waals surface area contributed by atoms with Crippen LogP contribution in [0.1, 0.15) is 122 Å². The number of fused-ring (bicyclic) bond motifs is 8. The average Bonchev–Trinajstić information content (AvgIpc) is 3.08. The summed E-state index contributed by atoms with van der Waals surface area (Å²) in [4.78, 5) is 0. The van der Waals surface area contributed by atoms with E-state index in [1.807, 2.05) is 0 Å². The summed E-state index contributed by atoms with van der Waals surface area (Å²) in [5, 5.41) is 86.5. The lowest BCUT2D eigenvalue weighted by Crippen LogP contribution is -2.24. The zero-order valence-corrected chi connectivity index (χ0v) is 29.9. The van der Waals surface area contributed by atoms with E-state index in [1.54, 1.807) is 52.0 Å². The van der Waals surface area contributed by atoms with Crippen LogP contribution in [0.15, 0.2) is 74.2 Å². The molecule has 6 rings (SSSR count). The van der Waals surface area contributed by atoms with Crippen LogP contribution in [0.4, 0.5) is 0 Å². The number of benzene rings is 4. The van der Waals surface area contributed by atoms with Gasteiger partial charge >= 0.3 is 0 Å². The van der Waals surface area contributed by atoms with Crippen molar-refractivity contribution in [1.82, 2.24) is 0 Å². The zero-order chi connectivity index (χ0) is 38.0. The predicted octanol–water partition coefficient (Wildman–Crippen LogP) is 8.87. The Hall–Kier alpha value is -5.64. The van der Waals surface area contributed by atoms with Crippen LogP contribution in [0.25, 0.3) is 0 Å². The Morgan fingerprint density at radius 2 is 0.558 bits per heavy atom. The molecule has 10 nitrogen and oxygen atoms in total. The third kappa shape index (κ3) is 7.37. The third-order valence-electron chi connectivity index (χ3n) is 10.6. The molecule has 276 valence electrons. The van der Waals surface area contributed by atoms with Gasteiger partial charge in [0.2, 0.25) is 0 Å². The molecule has 0 aromatic heterocycles. The molecule has 0 spiro atoms. The Labute approximate surface area is 303 Å². The number of hydrogen-bond acceptors (Lipinski definition) is 10. The molecule has 8 N–H and O–H groups in total. The summed E-state index contributed by atoms with van der Waals surface area (Å²) in [6, 6.07) is 11.3. The maximum absolute atomic E-state index is 10.8. The van der Waals surface area contributed by atoms with Gasteiger partial charge in [-0.25, -0.2) is 0 Å². The number of aromatic hydroxyl groups is 8. The Morgan fingerprint density at radius 1 is 0.385 bits per heavy atom. The van der Waals surface area contributed by atoms with Crippen molar-refractivity contribution >= 4 is 0 Å². The molecule has 2 aliphatic carbocycles. The standard InChI is InChI=1S/C32H32O8.C10H16O2/c1-13-17-5-19(27(35)9-25(17)33)14(2)21-7-23(31(39)11-29(21)37)16(4)24-8-22(30(38)12-32(24)40)15(3)20-6-18(13)26(34)10-28(20)36;1-3-11-9-5-7-10(8-6-9)12-4-2/h5-16,33-40H,1-4H3;3-4,9-10H,1-2,5-8H2. The first-order valence-electron chi connectivity index (χ1n) is 17.4. The van der Waals surface area contributed by atoms with Gasteiger partial charge in [-0.15, -0.1) is 0 Å². The molecule has 8 bridgehead atoms. The van der Waals surface area contributed by atoms with E-state index >= 15 is 0 Å². The molecule has 1 saturated carbocycles. The van der Waals surface area contributed by atoms with Crippen LogP contribution >= 0.6 is 0 Å². The molecular weight excluding hydrogens is 664 g/mol. The second-order valence-corrected chi connectivity index (χ2v) is 13.8. The molecule has 0 radical (unpaired) electrons. The highest BCUT2D eigenvalue weighted by Gasteiger charge is 2.29. The van der Waals surface area contributed by atoms with E-state index in [1.165, 1.54) is 36.8 Å². The normalized spacial score (nSPS) is 22.3. The minimum atomic E-state index is -0.598. The molecule has 4 aromatic carbocycles. The highest BCUT2D eigenvalue weighted by molar-refractivity contribution is 5.61. The molecule has 0 unspecified atom stereocenters. The smallest absolute Gasteiger partial charge is 0.123 e. The fourth-order valence-electron chi connectivity index (χ4n) is 7.47. The SMILES string of the molecule is C=COC1CCC(OC=C)CC1.CC1c2cc(c(O)cc2O)C(C)c2cc(c(O)cc2O)C(C)c2cc(c(O)cc2O)C(C)c2cc1c(O)cc2O. The van der Waals surface area contributed by atoms with Crippen molar-refractivity contribution in [2.24, 2.45) is 0 Å². The Bertz CT molecular complexity index is 1590. The molecule has 2 aliphatic rings. The van der Waals surface area contributed by atoms with E-state index in [2.05, 4.69) is 13.2 Å². The second-order valence-electron chi connectivity index (χ2n) is 13.8. The maximum atomic E-state index is 10.8. The van der Waals surface area contributed by atoms with Gasteiger partial charge in [0.1, 0.15) is 46.0 Å². The fourth-order valence-corrected chi connectivity index (χ4v) is 7.47. The van der Waals surface area contributed by atoms with Crippen LogP contribution in [-0.2, 0) is 9.47 Å². The first kappa shape index (κ1) is 37.6. The summed E-state index contributed by atoms with van der Waals surface area (Å²) in [5.41, 5.74) is 3.17. The summed E-state index contributed by atoms with van der Waals surface area (Å²) >= 11 is 0. The molecule has 4 aromatic rings. The summed E-state index contributed by atoms with van der Waals surface area (Å²) in [7, 11) is 0. The first-order valence-corrected chi connectivity index (χ1v) is 17.4. The fraction of sp³-hybridized carbons (Fsp3) is 0.333. The van der Waals surface area contributed by atoms with E-state index in [4.69, 9.17) is 9.47 Å². The van der Waals surface area contributed by atoms with Gasteiger partial charge in [-0.05, 0) is 49.9 Å². The lowest BCUT2D eigenvalue weighted by atomic mass is 9.81. The van der Waals surface area contributed by atoms with Crippen molar-refractivity contribution in [1.29, 1.82) is 0 Å². The lowest BCUT2D eigenvalue weighted by molar-refractivity contribution is 0.0360. The van der Waals surface area contributed by atoms with Crippen molar-refractivity contribution in [2.45, 2.75) is 89.3 Å². The quantitative estimate of drug-likeness (QED) is 0.0953. The van der Waals surface area contributed by atoms with Gasteiger partial charge in [0, 0.05) is 92.4 Å². The van der Waals surface area contributed by atoms with Crippen molar-refractivity contribution in [2.75, 3.05) is 0 Å². The van der Waals surface area contributed by atoms with Crippen LogP contribution < -0.4 is 0 Å². The minimum absolute atomic E-state index is 0.200. The molecule has 0 aliphatic heterocycles. The van der Waals surface area contributed by atoms with Gasteiger partial charge in [-0.2, -0.15) is 0 Å². The number of hydrogen-bond donors (Lipinski definition) is 8. The molecule has 1 fully saturated rings. The van der Waals surface area contributed by atoms with Crippen LogP contribution in [0.5, 0.6) is 46.0 Å². The van der Waals surface area contributed by atoms with E-state index in [9.17, 15) is 40.9 Å². The van der Waals surface area contributed by atoms with Crippen molar-refractivity contribution < 1.29 is 50.3 Å². The Balaban J connectivity index is 0.000000370. The van der Waals surface area contributed by atoms with Crippen LogP contribution in [0.3, 0.4) is 0 Å². The largest absolute Gasteiger partial charge is 0.508 e. The van der Waals surface area contributed by atoms with Crippen molar-refractivity contribution in [3.63, 3.8) is 0 Å². The Kier molecular flexibility index (Phi) is 11.1. The zero-order valence-electron chi connectivity index (χ0n) is 29.9. The van der Waals surface area contributed by atoms with E-state index < -0.39 is 23.7 Å². The number of rotatable bonds is 4. The number of ether oxygens (including phenoxy) is 2. The highest BCUT2D eigenvalue weighted by Crippen LogP contribution is 2.49. The van der Waals surface area contributed by atoms with Crippen molar-refractivity contribution in [3.05, 3.63) is 119 Å². The van der Waals surface area contributed by atoms with E-state index in [-0.39, 0.29) is 46.0 Å². The Morgan fingerprint density at radius 3 is 0.712 bits per heavy atom. The summed E-state index contributed by atoms with van der Waals surface area (Å²) in [6.45, 7) is 14.1. The molecule has 52 heavy (non-hydrogen) atoms. The van der Waals surface area contributed by atoms with Gasteiger partial charge in [0.15, 0.2) is 0 Å². The highest BCUT2D eigenvalue weighted by atomic mass is 16.5. The lowest BCUT2D eigenvalue weighted by Gasteiger charge is -2.27. The average molecular weight is 713 g/mol.